The molecule has 3 N–H and O–H groups in total. The van der Waals surface area contributed by atoms with Crippen molar-refractivity contribution >= 4 is 46.7 Å². The van der Waals surface area contributed by atoms with Crippen LogP contribution in [-0.4, -0.2) is 72.5 Å². The molecule has 46 heavy (non-hydrogen) atoms. The molecule has 7 rings (SSSR count). The molecular weight excluding hydrogens is 632 g/mol. The van der Waals surface area contributed by atoms with Crippen LogP contribution in [-0.2, 0) is 14.2 Å². The van der Waals surface area contributed by atoms with Gasteiger partial charge in [-0.1, -0.05) is 12.1 Å². The molecule has 240 valence electrons. The summed E-state index contributed by atoms with van der Waals surface area (Å²) in [6.07, 6.45) is 8.00. The van der Waals surface area contributed by atoms with Gasteiger partial charge < -0.3 is 24.9 Å². The number of alkyl halides is 1. The first-order chi connectivity index (χ1) is 22.0. The van der Waals surface area contributed by atoms with E-state index in [0.29, 0.717) is 42.3 Å². The largest absolute Gasteiger partial charge is 0.363 e. The minimum absolute atomic E-state index is 0.104. The smallest absolute Gasteiger partial charge is 0.340 e. The highest BCUT2D eigenvalue weighted by Gasteiger charge is 2.64. The lowest BCUT2D eigenvalue weighted by atomic mass is 9.85. The van der Waals surface area contributed by atoms with Crippen LogP contribution in [0.5, 0.6) is 0 Å². The molecule has 0 bridgehead atoms. The van der Waals surface area contributed by atoms with E-state index in [0.717, 1.165) is 36.2 Å². The Labute approximate surface area is 268 Å². The van der Waals surface area contributed by atoms with Crippen LogP contribution in [0.25, 0.3) is 10.1 Å². The fourth-order valence-corrected chi connectivity index (χ4v) is 9.31. The van der Waals surface area contributed by atoms with Crippen molar-refractivity contribution < 1.29 is 33.1 Å². The molecule has 3 amide bonds. The van der Waals surface area contributed by atoms with Crippen molar-refractivity contribution in [3.63, 3.8) is 0 Å². The van der Waals surface area contributed by atoms with E-state index in [1.807, 2.05) is 17.0 Å². The average Bonchev–Trinajstić information content (AvgIpc) is 3.42. The van der Waals surface area contributed by atoms with Crippen LogP contribution in [0.3, 0.4) is 0 Å². The van der Waals surface area contributed by atoms with E-state index in [-0.39, 0.29) is 40.1 Å². The van der Waals surface area contributed by atoms with Crippen LogP contribution < -0.4 is 5.32 Å². The first kappa shape index (κ1) is 30.9. The van der Waals surface area contributed by atoms with Crippen molar-refractivity contribution in [2.24, 2.45) is 5.92 Å². The first-order valence-corrected chi connectivity index (χ1v) is 18.0. The van der Waals surface area contributed by atoms with Gasteiger partial charge in [0.25, 0.3) is 5.91 Å². The number of nitriles is 1. The predicted octanol–water partition coefficient (Wildman–Crippen LogP) is 4.38. The Morgan fingerprint density at radius 2 is 1.98 bits per heavy atom. The van der Waals surface area contributed by atoms with E-state index in [2.05, 4.69) is 16.4 Å². The summed E-state index contributed by atoms with van der Waals surface area (Å²) in [5.74, 6) is -3.88. The molecule has 1 aromatic carbocycles. The zero-order chi connectivity index (χ0) is 32.4. The summed E-state index contributed by atoms with van der Waals surface area (Å²) in [7, 11) is -4.99. The number of aromatic nitrogens is 1. The number of carbonyl (C=O) groups excluding carboxylic acids is 3. The van der Waals surface area contributed by atoms with Crippen molar-refractivity contribution in [2.75, 3.05) is 6.54 Å². The third kappa shape index (κ3) is 5.21. The van der Waals surface area contributed by atoms with Gasteiger partial charge in [-0.2, -0.15) is 5.26 Å². The van der Waals surface area contributed by atoms with Crippen LogP contribution in [0.4, 0.5) is 4.39 Å². The normalized spacial score (nSPS) is 27.7. The molecule has 6 atom stereocenters. The van der Waals surface area contributed by atoms with Crippen LogP contribution in [0, 0.1) is 17.2 Å². The molecule has 1 spiro atoms. The van der Waals surface area contributed by atoms with Crippen LogP contribution >= 0.6 is 18.9 Å². The van der Waals surface area contributed by atoms with Gasteiger partial charge in [-0.25, -0.2) is 4.39 Å². The van der Waals surface area contributed by atoms with Crippen LogP contribution in [0.1, 0.15) is 77.6 Å². The molecule has 1 aliphatic carbocycles. The van der Waals surface area contributed by atoms with E-state index in [1.165, 1.54) is 24.3 Å². The molecule has 14 heteroatoms. The molecule has 3 saturated heterocycles. The van der Waals surface area contributed by atoms with Crippen molar-refractivity contribution in [3.05, 3.63) is 64.8 Å². The molecule has 3 aliphatic heterocycles. The zero-order valence-corrected chi connectivity index (χ0v) is 26.5. The highest BCUT2D eigenvalue weighted by molar-refractivity contribution is 7.51. The monoisotopic (exact) mass is 665 g/mol. The summed E-state index contributed by atoms with van der Waals surface area (Å²) in [6, 6.07) is 10.3. The van der Waals surface area contributed by atoms with Crippen LogP contribution in [0.2, 0.25) is 0 Å². The number of likely N-dealkylation sites (tertiary alicyclic amines) is 1. The quantitative estimate of drug-likeness (QED) is 0.327. The number of pyridine rings is 1. The molecule has 1 saturated carbocycles. The predicted molar refractivity (Wildman–Crippen MR) is 166 cm³/mol. The maximum Gasteiger partial charge on any atom is 0.363 e. The number of hydrogen-bond acceptors (Lipinski definition) is 7. The van der Waals surface area contributed by atoms with E-state index in [1.54, 1.807) is 17.3 Å². The van der Waals surface area contributed by atoms with Gasteiger partial charge in [-0.05, 0) is 85.7 Å². The van der Waals surface area contributed by atoms with E-state index in [9.17, 15) is 38.4 Å². The number of hydrogen-bond donors (Lipinski definition) is 3. The number of nitrogens with zero attached hydrogens (tertiary/aromatic N) is 4. The first-order valence-electron chi connectivity index (χ1n) is 15.5. The highest BCUT2D eigenvalue weighted by atomic mass is 32.1. The zero-order valence-electron chi connectivity index (χ0n) is 24.8. The van der Waals surface area contributed by atoms with E-state index in [4.69, 9.17) is 0 Å². The number of nitrogens with one attached hydrogen (secondary N) is 1. The van der Waals surface area contributed by atoms with Crippen molar-refractivity contribution in [2.45, 2.75) is 80.4 Å². The Kier molecular flexibility index (Phi) is 7.75. The minimum atomic E-state index is -4.99. The van der Waals surface area contributed by atoms with Crippen molar-refractivity contribution in [3.8, 4) is 6.07 Å². The van der Waals surface area contributed by atoms with Gasteiger partial charge in [0, 0.05) is 35.6 Å². The maximum atomic E-state index is 14.3. The third-order valence-corrected chi connectivity index (χ3v) is 12.2. The van der Waals surface area contributed by atoms with Gasteiger partial charge in [-0.3, -0.25) is 23.9 Å². The topological polar surface area (TPSA) is 164 Å². The number of carbonyl (C=O) groups is 3. The van der Waals surface area contributed by atoms with Gasteiger partial charge in [0.1, 0.15) is 12.1 Å². The Morgan fingerprint density at radius 1 is 1.17 bits per heavy atom. The van der Waals surface area contributed by atoms with Gasteiger partial charge in [0.2, 0.25) is 17.7 Å². The molecule has 11 nitrogen and oxygen atoms in total. The number of thiophene rings is 1. The molecule has 5 heterocycles. The fraction of sp³-hybridized carbons (Fsp3) is 0.469. The van der Waals surface area contributed by atoms with Gasteiger partial charge in [0.15, 0.2) is 0 Å². The number of benzene rings is 1. The van der Waals surface area contributed by atoms with E-state index < -0.39 is 37.0 Å². The summed E-state index contributed by atoms with van der Waals surface area (Å²) >= 11 is 1.13. The molecule has 4 fully saturated rings. The summed E-state index contributed by atoms with van der Waals surface area (Å²) < 4.78 is 26.3. The Bertz CT molecular complexity index is 1800. The van der Waals surface area contributed by atoms with Gasteiger partial charge in [0.05, 0.1) is 22.4 Å². The Balaban J connectivity index is 1.09. The molecular formula is C32H33FN5O6PS. The Morgan fingerprint density at radius 3 is 2.67 bits per heavy atom. The van der Waals surface area contributed by atoms with Crippen molar-refractivity contribution in [1.82, 2.24) is 20.1 Å². The standard InChI is InChI=1S/C32H33FN5O6PS/c33-28(45(42,43)44)18-6-9-26-20(13-18)14-27(46-26)29(39)36-24-5-1-4-21-7-8-25(38(21)30(24)40)31(41)37-17-22(19-3-2-12-35-16-19)23(15-34)32(37)10-11-32/h2-3,6,9,12-14,16,21-25,28H,1,4-5,7-8,10-11,17H2,(H,36,39)(H2,42,43,44)/t21-,22+,23+,24-,25-,28+/m0/s1. The third-order valence-electron chi connectivity index (χ3n) is 10.2. The van der Waals surface area contributed by atoms with Gasteiger partial charge in [-0.15, -0.1) is 11.3 Å². The lowest BCUT2D eigenvalue weighted by Crippen LogP contribution is -2.56. The number of halogens is 1. The summed E-state index contributed by atoms with van der Waals surface area (Å²) in [6.45, 7) is 0.400. The summed E-state index contributed by atoms with van der Waals surface area (Å²) in [4.78, 5) is 68.2. The summed E-state index contributed by atoms with van der Waals surface area (Å²) in [5, 5.41) is 13.5. The second kappa shape index (κ2) is 11.5. The van der Waals surface area contributed by atoms with E-state index >= 15 is 0 Å². The molecule has 2 aromatic heterocycles. The highest BCUT2D eigenvalue weighted by Crippen LogP contribution is 2.58. The molecule has 0 unspecified atom stereocenters. The maximum absolute atomic E-state index is 14.3. The lowest BCUT2D eigenvalue weighted by molar-refractivity contribution is -0.147. The second-order valence-corrected chi connectivity index (χ2v) is 15.5. The van der Waals surface area contributed by atoms with Gasteiger partial charge >= 0.3 is 7.60 Å². The summed E-state index contributed by atoms with van der Waals surface area (Å²) in [5.41, 5.74) is 0.220. The molecule has 0 radical (unpaired) electrons. The molecule has 4 aliphatic rings. The molecule has 3 aromatic rings. The number of fused-ring (bicyclic) bond motifs is 2. The van der Waals surface area contributed by atoms with Crippen molar-refractivity contribution in [1.29, 1.82) is 5.26 Å². The number of amides is 3. The second-order valence-electron chi connectivity index (χ2n) is 12.8. The average molecular weight is 666 g/mol. The SMILES string of the molecule is N#C[C@@H]1[C@@H](c2cccnc2)CN(C(=O)[C@@H]2CC[C@@H]3CCC[C@H](NC(=O)c4cc5cc([C@H](F)P(=O)(O)O)ccc5s4)C(=O)N32)C12CC2. The fourth-order valence-electron chi connectivity index (χ4n) is 7.81. The lowest BCUT2D eigenvalue weighted by Gasteiger charge is -2.35. The minimum Gasteiger partial charge on any atom is -0.340 e. The Hall–Kier alpha value is -3.69. The van der Waals surface area contributed by atoms with Crippen LogP contribution in [0.15, 0.2) is 48.8 Å². The number of rotatable bonds is 6.